The van der Waals surface area contributed by atoms with Gasteiger partial charge in [-0.05, 0) is 25.0 Å². The van der Waals surface area contributed by atoms with Crippen LogP contribution in [0.25, 0.3) is 0 Å². The fourth-order valence-electron chi connectivity index (χ4n) is 1.52. The Morgan fingerprint density at radius 2 is 2.42 bits per heavy atom. The lowest BCUT2D eigenvalue weighted by molar-refractivity contribution is 0.109. The van der Waals surface area contributed by atoms with E-state index in [9.17, 15) is 4.79 Å². The molecule has 0 aliphatic carbocycles. The number of aromatic nitrogens is 1. The molecule has 12 heavy (non-hydrogen) atoms. The summed E-state index contributed by atoms with van der Waals surface area (Å²) < 4.78 is 5.20. The van der Waals surface area contributed by atoms with Crippen molar-refractivity contribution in [3.8, 4) is 0 Å². The van der Waals surface area contributed by atoms with Crippen LogP contribution in [-0.4, -0.2) is 11.6 Å². The molecule has 1 aliphatic rings. The van der Waals surface area contributed by atoms with E-state index in [1.807, 2.05) is 13.0 Å². The lowest BCUT2D eigenvalue weighted by atomic mass is 10.1. The van der Waals surface area contributed by atoms with E-state index in [-0.39, 0.29) is 5.56 Å². The Hall–Kier alpha value is -1.09. The summed E-state index contributed by atoms with van der Waals surface area (Å²) in [4.78, 5) is 14.1. The van der Waals surface area contributed by atoms with E-state index in [1.165, 1.54) is 0 Å². The van der Waals surface area contributed by atoms with Crippen molar-refractivity contribution < 1.29 is 4.74 Å². The molecule has 0 saturated carbocycles. The van der Waals surface area contributed by atoms with Gasteiger partial charge in [0.2, 0.25) is 0 Å². The molecule has 0 bridgehead atoms. The Balaban J connectivity index is 2.60. The van der Waals surface area contributed by atoms with Gasteiger partial charge in [0.1, 0.15) is 0 Å². The average Bonchev–Trinajstić information content (AvgIpc) is 2.04. The van der Waals surface area contributed by atoms with Gasteiger partial charge in [0.25, 0.3) is 5.56 Å². The van der Waals surface area contributed by atoms with E-state index in [2.05, 4.69) is 4.98 Å². The zero-order valence-electron chi connectivity index (χ0n) is 7.02. The van der Waals surface area contributed by atoms with Crippen LogP contribution in [0.3, 0.4) is 0 Å². The Kier molecular flexibility index (Phi) is 1.73. The average molecular weight is 165 g/mol. The van der Waals surface area contributed by atoms with Crippen molar-refractivity contribution in [2.75, 3.05) is 6.61 Å². The molecule has 1 aromatic rings. The summed E-state index contributed by atoms with van der Waals surface area (Å²) in [6.07, 6.45) is 0.861. The molecule has 0 fully saturated rings. The van der Waals surface area contributed by atoms with Gasteiger partial charge in [0.05, 0.1) is 13.2 Å². The van der Waals surface area contributed by atoms with Crippen molar-refractivity contribution in [2.45, 2.75) is 20.0 Å². The Bertz CT molecular complexity index is 354. The van der Waals surface area contributed by atoms with Crippen molar-refractivity contribution in [1.82, 2.24) is 4.98 Å². The van der Waals surface area contributed by atoms with Crippen molar-refractivity contribution in [3.05, 3.63) is 33.2 Å². The monoisotopic (exact) mass is 165 g/mol. The summed E-state index contributed by atoms with van der Waals surface area (Å²) in [6, 6.07) is 2.03. The number of rotatable bonds is 0. The molecule has 1 aliphatic heterocycles. The zero-order valence-corrected chi connectivity index (χ0v) is 7.02. The van der Waals surface area contributed by atoms with Gasteiger partial charge in [-0.15, -0.1) is 0 Å². The van der Waals surface area contributed by atoms with Crippen LogP contribution in [-0.2, 0) is 17.8 Å². The normalized spacial score (nSPS) is 15.8. The van der Waals surface area contributed by atoms with Crippen LogP contribution in [0.2, 0.25) is 0 Å². The number of nitrogens with one attached hydrogen (secondary N) is 1. The van der Waals surface area contributed by atoms with Crippen LogP contribution < -0.4 is 5.56 Å². The van der Waals surface area contributed by atoms with Crippen LogP contribution in [0.4, 0.5) is 0 Å². The van der Waals surface area contributed by atoms with Crippen LogP contribution in [0, 0.1) is 6.92 Å². The number of ether oxygens (including phenoxy) is 1. The summed E-state index contributed by atoms with van der Waals surface area (Å²) >= 11 is 0. The zero-order chi connectivity index (χ0) is 8.55. The van der Waals surface area contributed by atoms with E-state index >= 15 is 0 Å². The van der Waals surface area contributed by atoms with Gasteiger partial charge in [0.15, 0.2) is 0 Å². The molecule has 2 rings (SSSR count). The first-order chi connectivity index (χ1) is 5.77. The molecule has 0 amide bonds. The van der Waals surface area contributed by atoms with Crippen molar-refractivity contribution in [1.29, 1.82) is 0 Å². The quantitative estimate of drug-likeness (QED) is 0.616. The van der Waals surface area contributed by atoms with Crippen LogP contribution in [0.1, 0.15) is 16.8 Å². The van der Waals surface area contributed by atoms with Gasteiger partial charge < -0.3 is 9.72 Å². The molecule has 1 N–H and O–H groups in total. The second kappa shape index (κ2) is 2.75. The molecule has 3 nitrogen and oxygen atoms in total. The van der Waals surface area contributed by atoms with Gasteiger partial charge in [-0.3, -0.25) is 4.79 Å². The number of fused-ring (bicyclic) bond motifs is 1. The Morgan fingerprint density at radius 3 is 3.25 bits per heavy atom. The maximum Gasteiger partial charge on any atom is 0.253 e. The van der Waals surface area contributed by atoms with Crippen LogP contribution >= 0.6 is 0 Å². The molecule has 0 spiro atoms. The molecule has 0 aromatic carbocycles. The van der Waals surface area contributed by atoms with Gasteiger partial charge >= 0.3 is 0 Å². The highest BCUT2D eigenvalue weighted by Gasteiger charge is 2.12. The first kappa shape index (κ1) is 7.55. The van der Waals surface area contributed by atoms with Gasteiger partial charge in [-0.2, -0.15) is 0 Å². The van der Waals surface area contributed by atoms with Crippen molar-refractivity contribution >= 4 is 0 Å². The van der Waals surface area contributed by atoms with Crippen molar-refractivity contribution in [2.24, 2.45) is 0 Å². The summed E-state index contributed by atoms with van der Waals surface area (Å²) in [5, 5.41) is 0. The maximum absolute atomic E-state index is 11.3. The maximum atomic E-state index is 11.3. The molecule has 1 aromatic heterocycles. The van der Waals surface area contributed by atoms with Gasteiger partial charge in [-0.1, -0.05) is 0 Å². The van der Waals surface area contributed by atoms with E-state index in [0.29, 0.717) is 6.61 Å². The largest absolute Gasteiger partial charge is 0.376 e. The molecular weight excluding hydrogens is 154 g/mol. The fraction of sp³-hybridized carbons (Fsp3) is 0.444. The lowest BCUT2D eigenvalue weighted by Gasteiger charge is -2.15. The topological polar surface area (TPSA) is 42.1 Å². The molecule has 0 radical (unpaired) electrons. The summed E-state index contributed by atoms with van der Waals surface area (Å²) in [6.45, 7) is 3.10. The first-order valence-electron chi connectivity index (χ1n) is 4.07. The van der Waals surface area contributed by atoms with E-state index in [1.54, 1.807) is 0 Å². The molecule has 0 unspecified atom stereocenters. The fourth-order valence-corrected chi connectivity index (χ4v) is 1.52. The predicted molar refractivity (Wildman–Crippen MR) is 45.2 cm³/mol. The third kappa shape index (κ3) is 1.16. The molecular formula is C9H11NO2. The molecule has 64 valence electrons. The van der Waals surface area contributed by atoms with Gasteiger partial charge in [0, 0.05) is 11.3 Å². The Morgan fingerprint density at radius 1 is 1.58 bits per heavy atom. The number of H-pyrrole nitrogens is 1. The second-order valence-electron chi connectivity index (χ2n) is 3.09. The third-order valence-corrected chi connectivity index (χ3v) is 2.13. The Labute approximate surface area is 70.4 Å². The van der Waals surface area contributed by atoms with Crippen LogP contribution in [0.15, 0.2) is 10.9 Å². The summed E-state index contributed by atoms with van der Waals surface area (Å²) in [5.74, 6) is 0. The number of aryl methyl sites for hydroxylation is 1. The predicted octanol–water partition coefficient (Wildman–Crippen LogP) is 0.756. The van der Waals surface area contributed by atoms with Crippen LogP contribution in [0.5, 0.6) is 0 Å². The standard InChI is InChI=1S/C9H11NO2/c1-6-4-7-2-3-12-5-8(7)9(11)10-6/h4H,2-3,5H2,1H3,(H,10,11). The molecule has 2 heterocycles. The van der Waals surface area contributed by atoms with Gasteiger partial charge in [-0.25, -0.2) is 0 Å². The molecule has 0 saturated heterocycles. The second-order valence-corrected chi connectivity index (χ2v) is 3.09. The molecule has 0 atom stereocenters. The van der Waals surface area contributed by atoms with Crippen molar-refractivity contribution in [3.63, 3.8) is 0 Å². The highest BCUT2D eigenvalue weighted by molar-refractivity contribution is 5.27. The first-order valence-corrected chi connectivity index (χ1v) is 4.07. The lowest BCUT2D eigenvalue weighted by Crippen LogP contribution is -2.22. The highest BCUT2D eigenvalue weighted by atomic mass is 16.5. The SMILES string of the molecule is Cc1cc2c(c(=O)[nH]1)COCC2. The van der Waals surface area contributed by atoms with E-state index < -0.39 is 0 Å². The summed E-state index contributed by atoms with van der Waals surface area (Å²) in [7, 11) is 0. The minimum absolute atomic E-state index is 0.00435. The number of aromatic amines is 1. The highest BCUT2D eigenvalue weighted by Crippen LogP contribution is 2.12. The number of hydrogen-bond acceptors (Lipinski definition) is 2. The summed E-state index contributed by atoms with van der Waals surface area (Å²) in [5.41, 5.74) is 2.87. The smallest absolute Gasteiger partial charge is 0.253 e. The number of hydrogen-bond donors (Lipinski definition) is 1. The van der Waals surface area contributed by atoms with E-state index in [4.69, 9.17) is 4.74 Å². The van der Waals surface area contributed by atoms with E-state index in [0.717, 1.165) is 29.8 Å². The molecule has 3 heteroatoms. The minimum Gasteiger partial charge on any atom is -0.376 e. The number of pyridine rings is 1. The minimum atomic E-state index is 0.00435. The third-order valence-electron chi connectivity index (χ3n) is 2.13.